The van der Waals surface area contributed by atoms with Gasteiger partial charge in [-0.1, -0.05) is 29.3 Å². The molecule has 3 N–H and O–H groups in total. The van der Waals surface area contributed by atoms with Crippen molar-refractivity contribution in [1.82, 2.24) is 29.1 Å². The highest BCUT2D eigenvalue weighted by Crippen LogP contribution is 2.25. The average molecular weight is 586 g/mol. The standard InChI is InChI=1S/C23H20Cl2F3N7O4/c1-12(39-21(29)37)19-30-18(31-35(19)16-4-2-3-15(25)9-16)11-34-22(38)33(10-17(36)23(26,27)28)20(32-34)13-5-7-14(24)8-6-13/h2-9,12,17,36H,10-11H2,1H3,(H2,29,37)/t12-,17+/m1/s1. The number of benzene rings is 2. The van der Waals surface area contributed by atoms with Crippen molar-refractivity contribution in [2.24, 2.45) is 5.73 Å². The molecule has 0 saturated heterocycles. The van der Waals surface area contributed by atoms with E-state index in [0.717, 1.165) is 4.68 Å². The Hall–Kier alpha value is -3.88. The molecule has 1 amide bonds. The van der Waals surface area contributed by atoms with Crippen LogP contribution in [0.1, 0.15) is 24.7 Å². The van der Waals surface area contributed by atoms with Crippen molar-refractivity contribution in [3.8, 4) is 17.1 Å². The van der Waals surface area contributed by atoms with E-state index in [1.54, 1.807) is 24.3 Å². The van der Waals surface area contributed by atoms with Crippen LogP contribution in [0.5, 0.6) is 0 Å². The normalized spacial score (nSPS) is 13.3. The minimum absolute atomic E-state index is 0.00988. The highest BCUT2D eigenvalue weighted by molar-refractivity contribution is 6.31. The number of carbonyl (C=O) groups is 1. The van der Waals surface area contributed by atoms with Gasteiger partial charge in [0.05, 0.1) is 12.2 Å². The molecule has 0 bridgehead atoms. The molecule has 2 aromatic heterocycles. The molecule has 0 fully saturated rings. The Morgan fingerprint density at radius 2 is 1.82 bits per heavy atom. The van der Waals surface area contributed by atoms with E-state index in [1.165, 1.54) is 35.9 Å². The monoisotopic (exact) mass is 585 g/mol. The first-order chi connectivity index (χ1) is 18.3. The first kappa shape index (κ1) is 28.1. The molecule has 0 saturated carbocycles. The van der Waals surface area contributed by atoms with Crippen molar-refractivity contribution in [3.63, 3.8) is 0 Å². The number of aliphatic hydroxyl groups is 1. The molecule has 0 aliphatic carbocycles. The topological polar surface area (TPSA) is 143 Å². The molecule has 0 unspecified atom stereocenters. The number of hydrogen-bond acceptors (Lipinski definition) is 7. The third kappa shape index (κ3) is 6.41. The predicted octanol–water partition coefficient (Wildman–Crippen LogP) is 3.73. The van der Waals surface area contributed by atoms with Gasteiger partial charge in [-0.2, -0.15) is 13.2 Å². The van der Waals surface area contributed by atoms with Crippen LogP contribution in [0.2, 0.25) is 10.0 Å². The van der Waals surface area contributed by atoms with E-state index >= 15 is 0 Å². The number of aromatic nitrogens is 6. The van der Waals surface area contributed by atoms with Gasteiger partial charge in [-0.05, 0) is 49.4 Å². The quantitative estimate of drug-likeness (QED) is 0.320. The summed E-state index contributed by atoms with van der Waals surface area (Å²) in [6.45, 7) is 0.0233. The number of hydrogen-bond donors (Lipinski definition) is 2. The van der Waals surface area contributed by atoms with Crippen molar-refractivity contribution in [1.29, 1.82) is 0 Å². The van der Waals surface area contributed by atoms with Crippen LogP contribution in [0.25, 0.3) is 17.1 Å². The average Bonchev–Trinajstić information content (AvgIpc) is 3.41. The number of amides is 1. The smallest absolute Gasteiger partial charge is 0.416 e. The summed E-state index contributed by atoms with van der Waals surface area (Å²) in [4.78, 5) is 28.9. The lowest BCUT2D eigenvalue weighted by Gasteiger charge is -2.15. The summed E-state index contributed by atoms with van der Waals surface area (Å²) < 4.78 is 47.3. The summed E-state index contributed by atoms with van der Waals surface area (Å²) in [7, 11) is 0. The first-order valence-corrected chi connectivity index (χ1v) is 11.9. The number of halogens is 5. The van der Waals surface area contributed by atoms with E-state index in [9.17, 15) is 27.9 Å². The summed E-state index contributed by atoms with van der Waals surface area (Å²) in [6.07, 6.45) is -9.82. The molecule has 11 nitrogen and oxygen atoms in total. The van der Waals surface area contributed by atoms with Crippen LogP contribution < -0.4 is 11.4 Å². The van der Waals surface area contributed by atoms with Gasteiger partial charge in [-0.25, -0.2) is 23.9 Å². The maximum atomic E-state index is 13.2. The third-order valence-corrected chi connectivity index (χ3v) is 5.92. The Kier molecular flexibility index (Phi) is 7.99. The molecule has 16 heteroatoms. The van der Waals surface area contributed by atoms with E-state index in [2.05, 4.69) is 15.2 Å². The molecule has 0 aliphatic rings. The van der Waals surface area contributed by atoms with Gasteiger partial charge in [0.15, 0.2) is 29.7 Å². The van der Waals surface area contributed by atoms with Crippen LogP contribution >= 0.6 is 23.2 Å². The predicted molar refractivity (Wildman–Crippen MR) is 134 cm³/mol. The summed E-state index contributed by atoms with van der Waals surface area (Å²) >= 11 is 12.0. The van der Waals surface area contributed by atoms with Crippen LogP contribution in [0.3, 0.4) is 0 Å². The van der Waals surface area contributed by atoms with Crippen molar-refractivity contribution in [2.75, 3.05) is 0 Å². The molecule has 206 valence electrons. The Morgan fingerprint density at radius 1 is 1.13 bits per heavy atom. The van der Waals surface area contributed by atoms with Gasteiger partial charge in [-0.15, -0.1) is 10.2 Å². The number of alkyl halides is 3. The molecule has 39 heavy (non-hydrogen) atoms. The SMILES string of the molecule is C[C@@H](OC(N)=O)c1nc(Cn2nc(-c3ccc(Cl)cc3)n(C[C@H](O)C(F)(F)F)c2=O)nn1-c1cccc(Cl)c1. The minimum Gasteiger partial charge on any atom is -0.438 e. The van der Waals surface area contributed by atoms with Gasteiger partial charge in [0.1, 0.15) is 6.54 Å². The largest absolute Gasteiger partial charge is 0.438 e. The van der Waals surface area contributed by atoms with Gasteiger partial charge < -0.3 is 15.6 Å². The van der Waals surface area contributed by atoms with E-state index in [4.69, 9.17) is 33.7 Å². The van der Waals surface area contributed by atoms with Crippen LogP contribution in [-0.2, 0) is 17.8 Å². The third-order valence-electron chi connectivity index (χ3n) is 5.44. The summed E-state index contributed by atoms with van der Waals surface area (Å²) in [5.74, 6) is -0.000433. The molecule has 4 rings (SSSR count). The zero-order valence-electron chi connectivity index (χ0n) is 20.0. The molecule has 2 atom stereocenters. The van der Waals surface area contributed by atoms with Crippen molar-refractivity contribution in [3.05, 3.63) is 80.7 Å². The number of nitrogens with two attached hydrogens (primary N) is 1. The van der Waals surface area contributed by atoms with Gasteiger partial charge >= 0.3 is 18.0 Å². The lowest BCUT2D eigenvalue weighted by molar-refractivity contribution is -0.207. The lowest BCUT2D eigenvalue weighted by atomic mass is 10.2. The van der Waals surface area contributed by atoms with E-state index < -0.39 is 36.7 Å². The van der Waals surface area contributed by atoms with Crippen LogP contribution in [-0.4, -0.2) is 52.6 Å². The first-order valence-electron chi connectivity index (χ1n) is 11.2. The van der Waals surface area contributed by atoms with E-state index in [0.29, 0.717) is 20.3 Å². The summed E-state index contributed by atoms with van der Waals surface area (Å²) in [6, 6.07) is 12.4. The fraction of sp³-hybridized carbons (Fsp3) is 0.261. The number of nitrogens with zero attached hydrogens (tertiary/aromatic N) is 6. The van der Waals surface area contributed by atoms with E-state index in [-0.39, 0.29) is 29.6 Å². The Morgan fingerprint density at radius 3 is 2.44 bits per heavy atom. The number of primary amides is 1. The second kappa shape index (κ2) is 11.1. The van der Waals surface area contributed by atoms with Gasteiger partial charge in [0, 0.05) is 15.6 Å². The maximum absolute atomic E-state index is 13.2. The molecule has 2 aromatic carbocycles. The fourth-order valence-electron chi connectivity index (χ4n) is 3.66. The van der Waals surface area contributed by atoms with Crippen LogP contribution in [0.15, 0.2) is 53.3 Å². The highest BCUT2D eigenvalue weighted by Gasteiger charge is 2.39. The van der Waals surface area contributed by atoms with E-state index in [1.807, 2.05) is 0 Å². The molecular formula is C23H20Cl2F3N7O4. The molecule has 2 heterocycles. The van der Waals surface area contributed by atoms with Crippen LogP contribution in [0.4, 0.5) is 18.0 Å². The minimum atomic E-state index is -4.97. The van der Waals surface area contributed by atoms with Crippen molar-refractivity contribution in [2.45, 2.75) is 38.4 Å². The lowest BCUT2D eigenvalue weighted by Crippen LogP contribution is -2.37. The second-order valence-electron chi connectivity index (χ2n) is 8.30. The highest BCUT2D eigenvalue weighted by atomic mass is 35.5. The van der Waals surface area contributed by atoms with Gasteiger partial charge in [-0.3, -0.25) is 4.57 Å². The Labute approximate surface area is 228 Å². The molecule has 0 spiro atoms. The number of aliphatic hydroxyl groups excluding tert-OH is 1. The fourth-order valence-corrected chi connectivity index (χ4v) is 3.97. The molecule has 0 aliphatic heterocycles. The number of ether oxygens (including phenoxy) is 1. The molecule has 0 radical (unpaired) electrons. The molecule has 4 aromatic rings. The van der Waals surface area contributed by atoms with Gasteiger partial charge in [0.25, 0.3) is 0 Å². The second-order valence-corrected chi connectivity index (χ2v) is 9.17. The zero-order chi connectivity index (χ0) is 28.5. The van der Waals surface area contributed by atoms with Gasteiger partial charge in [0.2, 0.25) is 0 Å². The summed E-state index contributed by atoms with van der Waals surface area (Å²) in [5, 5.41) is 19.0. The summed E-state index contributed by atoms with van der Waals surface area (Å²) in [5.41, 5.74) is 4.92. The molecular weight excluding hydrogens is 566 g/mol. The maximum Gasteiger partial charge on any atom is 0.416 e. The number of carbonyl (C=O) groups excluding carboxylic acids is 1. The van der Waals surface area contributed by atoms with Crippen molar-refractivity contribution < 1.29 is 27.8 Å². The van der Waals surface area contributed by atoms with Crippen LogP contribution in [0, 0.1) is 0 Å². The van der Waals surface area contributed by atoms with Crippen molar-refractivity contribution >= 4 is 29.3 Å². The number of rotatable bonds is 8. The zero-order valence-corrected chi connectivity index (χ0v) is 21.5. The Bertz CT molecular complexity index is 1550. The Balaban J connectivity index is 1.78.